The Morgan fingerprint density at radius 3 is 1.89 bits per heavy atom. The van der Waals surface area contributed by atoms with Crippen molar-refractivity contribution in [1.82, 2.24) is 40.4 Å². The second-order valence-corrected chi connectivity index (χ2v) is 18.5. The van der Waals surface area contributed by atoms with E-state index in [2.05, 4.69) is 81.3 Å². The molecule has 0 radical (unpaired) electrons. The van der Waals surface area contributed by atoms with Gasteiger partial charge in [0.05, 0.1) is 50.1 Å². The minimum Gasteiger partial charge on any atom is -0.453 e. The lowest BCUT2D eigenvalue weighted by atomic mass is 9.95. The van der Waals surface area contributed by atoms with Gasteiger partial charge in [-0.25, -0.2) is 19.6 Å². The molecule has 4 heterocycles. The van der Waals surface area contributed by atoms with E-state index in [1.165, 1.54) is 14.2 Å². The topological polar surface area (TPSA) is 175 Å². The van der Waals surface area contributed by atoms with Gasteiger partial charge in [-0.1, -0.05) is 76.2 Å². The van der Waals surface area contributed by atoms with Crippen LogP contribution in [-0.2, 0) is 19.1 Å². The van der Waals surface area contributed by atoms with Crippen LogP contribution in [0.1, 0.15) is 90.0 Å². The molecule has 6 atom stereocenters. The maximum atomic E-state index is 14.0. The third-order valence-electron chi connectivity index (χ3n) is 13.8. The van der Waals surface area contributed by atoms with Crippen LogP contribution in [0, 0.1) is 23.2 Å². The zero-order valence-corrected chi connectivity index (χ0v) is 36.2. The summed E-state index contributed by atoms with van der Waals surface area (Å²) < 4.78 is 9.65. The van der Waals surface area contributed by atoms with E-state index in [1.807, 2.05) is 49.9 Å². The summed E-state index contributed by atoms with van der Waals surface area (Å²) >= 11 is 0. The van der Waals surface area contributed by atoms with Gasteiger partial charge in [0.25, 0.3) is 0 Å². The first kappa shape index (κ1) is 41.2. The maximum Gasteiger partial charge on any atom is 0.407 e. The summed E-state index contributed by atoms with van der Waals surface area (Å²) in [6.45, 7) is 8.37. The minimum absolute atomic E-state index is 0.0907. The van der Waals surface area contributed by atoms with Gasteiger partial charge in [-0.3, -0.25) is 9.59 Å². The second kappa shape index (κ2) is 16.3. The quantitative estimate of drug-likeness (QED) is 0.103. The van der Waals surface area contributed by atoms with Crippen molar-refractivity contribution < 1.29 is 28.7 Å². The lowest BCUT2D eigenvalue weighted by molar-refractivity contribution is -0.139. The number of hydrogen-bond acceptors (Lipinski definition) is 8. The molecule has 14 heteroatoms. The summed E-state index contributed by atoms with van der Waals surface area (Å²) in [5, 5.41) is 7.73. The molecule has 4 N–H and O–H groups in total. The molecule has 1 spiro atoms. The number of amides is 4. The van der Waals surface area contributed by atoms with Crippen LogP contribution in [0.25, 0.3) is 44.4 Å². The molecule has 3 unspecified atom stereocenters. The fraction of sp³-hybridized carbons (Fsp3) is 0.458. The summed E-state index contributed by atoms with van der Waals surface area (Å²) in [7, 11) is 2.62. The van der Waals surface area contributed by atoms with E-state index >= 15 is 0 Å². The Hall–Kier alpha value is -6.18. The number of nitrogens with zero attached hydrogens (tertiary/aromatic N) is 4. The average molecular weight is 841 g/mol. The van der Waals surface area contributed by atoms with E-state index in [-0.39, 0.29) is 47.2 Å². The molecule has 2 saturated carbocycles. The molecule has 9 rings (SSSR count). The average Bonchev–Trinajstić information content (AvgIpc) is 3.91. The predicted octanol–water partition coefficient (Wildman–Crippen LogP) is 8.15. The molecule has 2 saturated heterocycles. The SMILES string of the molecule is COC(=O)N[C@H](C(=O)N1C2CCC(C2)C1c1ncc(-c2ccc(-c3ccc4cc(-c5cnc([C@@H]6CC7(CC7)CN6C(=O)[C@@H](NC(=O)OC)C(C)C)[nH]5)ccc4c3)cc2)[nH]1)C(C)C. The Morgan fingerprint density at radius 1 is 0.710 bits per heavy atom. The number of imidazole rings is 2. The number of carbonyl (C=O) groups is 4. The van der Waals surface area contributed by atoms with Crippen molar-refractivity contribution in [3.05, 3.63) is 84.7 Å². The Kier molecular flexibility index (Phi) is 10.8. The number of ether oxygens (including phenoxy) is 2. The summed E-state index contributed by atoms with van der Waals surface area (Å²) in [6.07, 6.45) is 8.43. The summed E-state index contributed by atoms with van der Waals surface area (Å²) in [5.41, 5.74) is 6.09. The Labute approximate surface area is 361 Å². The number of hydrogen-bond donors (Lipinski definition) is 4. The Balaban J connectivity index is 0.893. The summed E-state index contributed by atoms with van der Waals surface area (Å²) in [6, 6.07) is 19.7. The van der Waals surface area contributed by atoms with Crippen LogP contribution in [0.2, 0.25) is 0 Å². The first-order valence-electron chi connectivity index (χ1n) is 21.9. The van der Waals surface area contributed by atoms with Crippen molar-refractivity contribution in [3.8, 4) is 33.6 Å². The number of aromatic amines is 2. The number of piperidine rings is 1. The highest BCUT2D eigenvalue weighted by Gasteiger charge is 2.55. The lowest BCUT2D eigenvalue weighted by Gasteiger charge is -2.37. The van der Waals surface area contributed by atoms with Crippen LogP contribution in [-0.4, -0.2) is 92.6 Å². The zero-order valence-electron chi connectivity index (χ0n) is 36.2. The highest BCUT2D eigenvalue weighted by Crippen LogP contribution is 2.58. The first-order chi connectivity index (χ1) is 29.8. The molecular formula is C48H56N8O6. The highest BCUT2D eigenvalue weighted by atomic mass is 16.5. The molecular weight excluding hydrogens is 785 g/mol. The van der Waals surface area contributed by atoms with E-state index in [9.17, 15) is 19.2 Å². The van der Waals surface area contributed by atoms with E-state index < -0.39 is 24.3 Å². The van der Waals surface area contributed by atoms with E-state index in [1.54, 1.807) is 0 Å². The van der Waals surface area contributed by atoms with Crippen LogP contribution in [0.15, 0.2) is 73.1 Å². The largest absolute Gasteiger partial charge is 0.453 e. The van der Waals surface area contributed by atoms with Gasteiger partial charge in [0, 0.05) is 18.2 Å². The van der Waals surface area contributed by atoms with E-state index in [0.29, 0.717) is 12.5 Å². The number of fused-ring (bicyclic) bond motifs is 3. The van der Waals surface area contributed by atoms with Crippen molar-refractivity contribution in [3.63, 3.8) is 0 Å². The van der Waals surface area contributed by atoms with Gasteiger partial charge < -0.3 is 39.9 Å². The lowest BCUT2D eigenvalue weighted by Crippen LogP contribution is -2.54. The summed E-state index contributed by atoms with van der Waals surface area (Å²) in [5.74, 6) is 1.45. The number of aromatic nitrogens is 4. The van der Waals surface area contributed by atoms with Crippen LogP contribution in [0.5, 0.6) is 0 Å². The van der Waals surface area contributed by atoms with Crippen molar-refractivity contribution in [2.24, 2.45) is 23.2 Å². The van der Waals surface area contributed by atoms with E-state index in [0.717, 1.165) is 94.6 Å². The van der Waals surface area contributed by atoms with E-state index in [4.69, 9.17) is 19.4 Å². The van der Waals surface area contributed by atoms with Crippen LogP contribution >= 0.6 is 0 Å². The molecule has 2 aliphatic carbocycles. The molecule has 62 heavy (non-hydrogen) atoms. The fourth-order valence-electron chi connectivity index (χ4n) is 10.2. The molecule has 4 amide bonds. The Morgan fingerprint density at radius 2 is 1.26 bits per heavy atom. The molecule has 14 nitrogen and oxygen atoms in total. The van der Waals surface area contributed by atoms with Crippen molar-refractivity contribution in [2.45, 2.75) is 96.4 Å². The molecule has 4 fully saturated rings. The van der Waals surface area contributed by atoms with Crippen molar-refractivity contribution >= 4 is 34.8 Å². The first-order valence-corrected chi connectivity index (χ1v) is 21.9. The van der Waals surface area contributed by atoms with Gasteiger partial charge in [-0.15, -0.1) is 0 Å². The van der Waals surface area contributed by atoms with Gasteiger partial charge in [0.2, 0.25) is 11.8 Å². The van der Waals surface area contributed by atoms with Gasteiger partial charge in [0.1, 0.15) is 23.7 Å². The third kappa shape index (κ3) is 7.68. The summed E-state index contributed by atoms with van der Waals surface area (Å²) in [4.78, 5) is 72.7. The zero-order chi connectivity index (χ0) is 43.4. The molecule has 2 aromatic heterocycles. The highest BCUT2D eigenvalue weighted by molar-refractivity contribution is 5.91. The van der Waals surface area contributed by atoms with Gasteiger partial charge in [0.15, 0.2) is 0 Å². The normalized spacial score (nSPS) is 22.1. The van der Waals surface area contributed by atoms with Crippen molar-refractivity contribution in [1.29, 1.82) is 0 Å². The number of carbonyl (C=O) groups excluding carboxylic acids is 4. The van der Waals surface area contributed by atoms with Crippen LogP contribution in [0.4, 0.5) is 9.59 Å². The second-order valence-electron chi connectivity index (χ2n) is 18.5. The smallest absolute Gasteiger partial charge is 0.407 e. The minimum atomic E-state index is -0.687. The molecule has 324 valence electrons. The van der Waals surface area contributed by atoms with Crippen molar-refractivity contribution in [2.75, 3.05) is 20.8 Å². The van der Waals surface area contributed by atoms with Crippen LogP contribution in [0.3, 0.4) is 0 Å². The predicted molar refractivity (Wildman–Crippen MR) is 234 cm³/mol. The van der Waals surface area contributed by atoms with Gasteiger partial charge >= 0.3 is 12.2 Å². The monoisotopic (exact) mass is 840 g/mol. The number of benzene rings is 3. The number of alkyl carbamates (subject to hydrolysis) is 2. The molecule has 5 aromatic rings. The number of nitrogens with one attached hydrogen (secondary N) is 4. The number of methoxy groups -OCH3 is 2. The standard InChI is InChI=1S/C48H56N8O6/c1-26(2)39(53-46(59)61-5)44(57)55-25-48(17-18-48)22-38(55)42-49-24-37(51-42)33-14-13-31-19-30(11-12-32(31)20-33)28-7-9-29(10-8-28)36-23-50-43(52-36)41-34-15-16-35(21-34)56(41)45(58)40(27(3)4)54-47(60)62-6/h7-14,19-20,23-24,26-27,34-35,38-41H,15-18,21-22,25H2,1-6H3,(H,49,51)(H,50,52)(H,53,59)(H,54,60)/t34?,35?,38-,39-,40-,41?/m0/s1. The Bertz CT molecular complexity index is 2510. The number of rotatable bonds is 11. The number of H-pyrrole nitrogens is 2. The maximum absolute atomic E-state index is 14.0. The number of likely N-dealkylation sites (tertiary alicyclic amines) is 2. The van der Waals surface area contributed by atoms with Gasteiger partial charge in [-0.05, 0) is 101 Å². The molecule has 4 aliphatic rings. The fourth-order valence-corrected chi connectivity index (χ4v) is 10.2. The molecule has 2 bridgehead atoms. The van der Waals surface area contributed by atoms with Crippen LogP contribution < -0.4 is 10.6 Å². The third-order valence-corrected chi connectivity index (χ3v) is 13.8. The van der Waals surface area contributed by atoms with Gasteiger partial charge in [-0.2, -0.15) is 0 Å². The molecule has 2 aliphatic heterocycles. The molecule has 3 aromatic carbocycles.